The van der Waals surface area contributed by atoms with Gasteiger partial charge in [0.1, 0.15) is 11.5 Å². The lowest BCUT2D eigenvalue weighted by Gasteiger charge is -2.09. The van der Waals surface area contributed by atoms with Crippen molar-refractivity contribution in [1.82, 2.24) is 0 Å². The summed E-state index contributed by atoms with van der Waals surface area (Å²) in [6.45, 7) is 6.13. The van der Waals surface area contributed by atoms with Gasteiger partial charge in [0.2, 0.25) is 0 Å². The molecule has 0 aliphatic rings. The zero-order valence-corrected chi connectivity index (χ0v) is 17.5. The van der Waals surface area contributed by atoms with E-state index in [9.17, 15) is 25.2 Å². The summed E-state index contributed by atoms with van der Waals surface area (Å²) in [6.07, 6.45) is 9.09. The molecule has 0 atom stereocenters. The summed E-state index contributed by atoms with van der Waals surface area (Å²) in [5.74, 6) is -1.17. The van der Waals surface area contributed by atoms with E-state index >= 15 is 0 Å². The second-order valence-electron chi connectivity index (χ2n) is 7.48. The fourth-order valence-electron chi connectivity index (χ4n) is 2.88. The molecule has 0 fully saturated rings. The van der Waals surface area contributed by atoms with Gasteiger partial charge >= 0.3 is 0 Å². The Labute approximate surface area is 177 Å². The summed E-state index contributed by atoms with van der Waals surface area (Å²) < 4.78 is 0. The highest BCUT2D eigenvalue weighted by atomic mass is 16.3. The molecule has 5 nitrogen and oxygen atoms in total. The van der Waals surface area contributed by atoms with Crippen molar-refractivity contribution in [2.24, 2.45) is 0 Å². The first-order chi connectivity index (χ1) is 14.2. The van der Waals surface area contributed by atoms with Gasteiger partial charge in [-0.3, -0.25) is 4.79 Å². The maximum Gasteiger partial charge on any atom is 0.185 e. The van der Waals surface area contributed by atoms with Crippen LogP contribution >= 0.6 is 0 Å². The normalized spacial score (nSPS) is 11.6. The zero-order valence-electron chi connectivity index (χ0n) is 17.5. The summed E-state index contributed by atoms with van der Waals surface area (Å²) in [5.41, 5.74) is 3.43. The van der Waals surface area contributed by atoms with Gasteiger partial charge < -0.3 is 20.4 Å². The number of rotatable bonds is 8. The lowest BCUT2D eigenvalue weighted by Crippen LogP contribution is -1.94. The van der Waals surface area contributed by atoms with Crippen LogP contribution in [-0.2, 0) is 6.42 Å². The molecule has 0 unspecified atom stereocenters. The van der Waals surface area contributed by atoms with Crippen molar-refractivity contribution in [2.75, 3.05) is 0 Å². The highest BCUT2D eigenvalue weighted by Gasteiger charge is 2.11. The van der Waals surface area contributed by atoms with Crippen molar-refractivity contribution >= 4 is 11.9 Å². The third-order valence-corrected chi connectivity index (χ3v) is 4.71. The Morgan fingerprint density at radius 3 is 2.27 bits per heavy atom. The van der Waals surface area contributed by atoms with Crippen LogP contribution in [0.5, 0.6) is 23.0 Å². The van der Waals surface area contributed by atoms with Crippen molar-refractivity contribution < 1.29 is 25.2 Å². The molecule has 0 saturated carbocycles. The van der Waals surface area contributed by atoms with E-state index in [2.05, 4.69) is 19.9 Å². The van der Waals surface area contributed by atoms with E-state index in [1.165, 1.54) is 48.1 Å². The predicted octanol–water partition coefficient (Wildman–Crippen LogP) is 5.64. The van der Waals surface area contributed by atoms with E-state index in [0.29, 0.717) is 17.5 Å². The van der Waals surface area contributed by atoms with Gasteiger partial charge in [-0.05, 0) is 82.5 Å². The highest BCUT2D eigenvalue weighted by molar-refractivity contribution is 6.07. The van der Waals surface area contributed by atoms with Crippen LogP contribution in [0.2, 0.25) is 0 Å². The minimum absolute atomic E-state index is 0.00668. The lowest BCUT2D eigenvalue weighted by atomic mass is 10.0. The first-order valence-corrected chi connectivity index (χ1v) is 9.76. The number of carbonyl (C=O) groups excluding carboxylic acids is 1. The third kappa shape index (κ3) is 6.27. The fraction of sp³-hybridized carbons (Fsp3) is 0.240. The fourth-order valence-corrected chi connectivity index (χ4v) is 2.88. The van der Waals surface area contributed by atoms with Gasteiger partial charge in [-0.1, -0.05) is 23.3 Å². The minimum atomic E-state index is -0.394. The molecule has 30 heavy (non-hydrogen) atoms. The van der Waals surface area contributed by atoms with E-state index in [4.69, 9.17) is 0 Å². The standard InChI is InChI=1S/C25H28O5/c1-16(2)5-4-6-17(3)7-11-20-22(27)13-9-18(25(20)30)8-12-21(26)19-10-14-23(28)24(29)15-19/h5,7-10,12-15,27-30H,4,6,11H2,1-3H3/b12-8?,17-7+. The van der Waals surface area contributed by atoms with E-state index < -0.39 is 5.78 Å². The van der Waals surface area contributed by atoms with Crippen LogP contribution < -0.4 is 0 Å². The number of carbonyl (C=O) groups is 1. The van der Waals surface area contributed by atoms with Crippen LogP contribution in [0.15, 0.2) is 59.7 Å². The summed E-state index contributed by atoms with van der Waals surface area (Å²) in [6, 6.07) is 6.81. The minimum Gasteiger partial charge on any atom is -0.508 e. The van der Waals surface area contributed by atoms with Crippen molar-refractivity contribution in [3.05, 3.63) is 76.4 Å². The van der Waals surface area contributed by atoms with Crippen LogP contribution in [0.4, 0.5) is 0 Å². The summed E-state index contributed by atoms with van der Waals surface area (Å²) >= 11 is 0. The molecule has 0 aromatic heterocycles. The van der Waals surface area contributed by atoms with E-state index in [-0.39, 0.29) is 28.6 Å². The topological polar surface area (TPSA) is 98.0 Å². The van der Waals surface area contributed by atoms with Crippen molar-refractivity contribution in [3.63, 3.8) is 0 Å². The number of hydrogen-bond acceptors (Lipinski definition) is 5. The third-order valence-electron chi connectivity index (χ3n) is 4.71. The predicted molar refractivity (Wildman–Crippen MR) is 119 cm³/mol. The largest absolute Gasteiger partial charge is 0.508 e. The van der Waals surface area contributed by atoms with Crippen LogP contribution in [0.25, 0.3) is 6.08 Å². The molecule has 0 bridgehead atoms. The number of aromatic hydroxyl groups is 4. The Hall–Kier alpha value is -3.47. The number of hydrogen-bond donors (Lipinski definition) is 4. The number of allylic oxidation sites excluding steroid dienone is 5. The quantitative estimate of drug-likeness (QED) is 0.196. The van der Waals surface area contributed by atoms with Gasteiger partial charge in [0.25, 0.3) is 0 Å². The van der Waals surface area contributed by atoms with Crippen LogP contribution in [-0.4, -0.2) is 26.2 Å². The average molecular weight is 408 g/mol. The second kappa shape index (κ2) is 10.3. The maximum absolute atomic E-state index is 12.3. The van der Waals surface area contributed by atoms with Gasteiger partial charge in [0.15, 0.2) is 17.3 Å². The molecule has 0 aliphatic heterocycles. The van der Waals surface area contributed by atoms with E-state index in [1.54, 1.807) is 0 Å². The average Bonchev–Trinajstić information content (AvgIpc) is 2.68. The van der Waals surface area contributed by atoms with Crippen LogP contribution in [0.3, 0.4) is 0 Å². The number of benzene rings is 2. The number of phenols is 4. The second-order valence-corrected chi connectivity index (χ2v) is 7.48. The van der Waals surface area contributed by atoms with Gasteiger partial charge in [-0.2, -0.15) is 0 Å². The van der Waals surface area contributed by atoms with E-state index in [1.807, 2.05) is 13.0 Å². The lowest BCUT2D eigenvalue weighted by molar-refractivity contribution is 0.104. The molecular formula is C25H28O5. The molecule has 5 heteroatoms. The number of phenolic OH excluding ortho intramolecular Hbond substituents is 4. The monoisotopic (exact) mass is 408 g/mol. The molecule has 0 saturated heterocycles. The SMILES string of the molecule is CC(C)=CCC/C(C)=C/Cc1c(O)ccc(C=CC(=O)c2ccc(O)c(O)c2)c1O. The van der Waals surface area contributed by atoms with Crippen molar-refractivity contribution in [2.45, 2.75) is 40.0 Å². The van der Waals surface area contributed by atoms with Crippen LogP contribution in [0, 0.1) is 0 Å². The molecule has 2 aromatic carbocycles. The molecule has 2 aromatic rings. The first kappa shape index (κ1) is 22.8. The Balaban J connectivity index is 2.16. The zero-order chi connectivity index (χ0) is 22.3. The van der Waals surface area contributed by atoms with Crippen molar-refractivity contribution in [1.29, 1.82) is 0 Å². The molecule has 158 valence electrons. The Kier molecular flexibility index (Phi) is 7.87. The molecule has 0 amide bonds. The van der Waals surface area contributed by atoms with Gasteiger partial charge in [-0.15, -0.1) is 0 Å². The number of ketones is 1. The summed E-state index contributed by atoms with van der Waals surface area (Å²) in [7, 11) is 0. The van der Waals surface area contributed by atoms with Crippen LogP contribution in [0.1, 0.15) is 55.1 Å². The van der Waals surface area contributed by atoms with Crippen molar-refractivity contribution in [3.8, 4) is 23.0 Å². The van der Waals surface area contributed by atoms with E-state index in [0.717, 1.165) is 18.4 Å². The molecule has 2 rings (SSSR count). The Bertz CT molecular complexity index is 1010. The molecular weight excluding hydrogens is 380 g/mol. The smallest absolute Gasteiger partial charge is 0.185 e. The Morgan fingerprint density at radius 2 is 1.60 bits per heavy atom. The summed E-state index contributed by atoms with van der Waals surface area (Å²) in [4.78, 5) is 12.3. The molecule has 0 spiro atoms. The van der Waals surface area contributed by atoms with Gasteiger partial charge in [0.05, 0.1) is 0 Å². The molecule has 0 aliphatic carbocycles. The summed E-state index contributed by atoms with van der Waals surface area (Å²) in [5, 5.41) is 39.6. The molecule has 4 N–H and O–H groups in total. The highest BCUT2D eigenvalue weighted by Crippen LogP contribution is 2.33. The van der Waals surface area contributed by atoms with Gasteiger partial charge in [-0.25, -0.2) is 0 Å². The Morgan fingerprint density at radius 1 is 0.900 bits per heavy atom. The maximum atomic E-state index is 12.3. The van der Waals surface area contributed by atoms with Gasteiger partial charge in [0, 0.05) is 16.7 Å². The molecule has 0 heterocycles. The molecule has 0 radical (unpaired) electrons. The first-order valence-electron chi connectivity index (χ1n) is 9.76.